The van der Waals surface area contributed by atoms with Crippen LogP contribution in [-0.4, -0.2) is 65.4 Å². The number of hydrogen-bond donors (Lipinski definition) is 0. The lowest BCUT2D eigenvalue weighted by Crippen LogP contribution is -2.31. The second-order valence-electron chi connectivity index (χ2n) is 6.33. The zero-order valence-corrected chi connectivity index (χ0v) is 16.9. The lowest BCUT2D eigenvalue weighted by molar-refractivity contribution is -0.149. The summed E-state index contributed by atoms with van der Waals surface area (Å²) >= 11 is 0. The minimum Gasteiger partial charge on any atom is -0.487 e. The van der Waals surface area contributed by atoms with Crippen LogP contribution in [0.15, 0.2) is 48.5 Å². The summed E-state index contributed by atoms with van der Waals surface area (Å²) in [5.41, 5.74) is 0. The third-order valence-corrected chi connectivity index (χ3v) is 4.18. The van der Waals surface area contributed by atoms with Crippen LogP contribution < -0.4 is 18.9 Å². The van der Waals surface area contributed by atoms with Gasteiger partial charge in [-0.3, -0.25) is 0 Å². The first-order valence-corrected chi connectivity index (χ1v) is 9.71. The first-order valence-electron chi connectivity index (χ1n) is 9.71. The van der Waals surface area contributed by atoms with Gasteiger partial charge in [0.05, 0.1) is 20.3 Å². The van der Waals surface area contributed by atoms with Crippen LogP contribution in [0.1, 0.15) is 0 Å². The number of fused-ring (bicyclic) bond motifs is 2. The van der Waals surface area contributed by atoms with Gasteiger partial charge in [-0.1, -0.05) is 24.3 Å². The lowest BCUT2D eigenvalue weighted by atomic mass is 10.3. The van der Waals surface area contributed by atoms with Crippen molar-refractivity contribution in [3.63, 3.8) is 0 Å². The molecule has 3 rings (SSSR count). The van der Waals surface area contributed by atoms with E-state index in [1.165, 1.54) is 7.11 Å². The largest absolute Gasteiger partial charge is 0.487 e. The van der Waals surface area contributed by atoms with E-state index in [9.17, 15) is 4.79 Å². The summed E-state index contributed by atoms with van der Waals surface area (Å²) in [5.74, 6) is 1.86. The molecule has 0 saturated heterocycles. The van der Waals surface area contributed by atoms with E-state index in [0.29, 0.717) is 49.4 Å². The van der Waals surface area contributed by atoms with Crippen LogP contribution in [0.25, 0.3) is 0 Å². The molecule has 0 saturated carbocycles. The van der Waals surface area contributed by atoms with Gasteiger partial charge < -0.3 is 33.2 Å². The second-order valence-corrected chi connectivity index (χ2v) is 6.33. The number of benzene rings is 2. The maximum atomic E-state index is 11.5. The van der Waals surface area contributed by atoms with E-state index in [2.05, 4.69) is 4.74 Å². The van der Waals surface area contributed by atoms with Crippen molar-refractivity contribution in [1.82, 2.24) is 0 Å². The Labute approximate surface area is 175 Å². The fraction of sp³-hybridized carbons (Fsp3) is 0.409. The van der Waals surface area contributed by atoms with Crippen LogP contribution in [0.2, 0.25) is 0 Å². The molecule has 0 atom stereocenters. The summed E-state index contributed by atoms with van der Waals surface area (Å²) in [4.78, 5) is 11.5. The maximum Gasteiger partial charge on any atom is 0.331 e. The third kappa shape index (κ3) is 6.82. The molecule has 2 aromatic carbocycles. The van der Waals surface area contributed by atoms with Gasteiger partial charge >= 0.3 is 5.97 Å². The smallest absolute Gasteiger partial charge is 0.331 e. The Morgan fingerprint density at radius 1 is 0.800 bits per heavy atom. The van der Waals surface area contributed by atoms with E-state index in [1.54, 1.807) is 12.1 Å². The van der Waals surface area contributed by atoms with E-state index >= 15 is 0 Å². The maximum absolute atomic E-state index is 11.5. The Morgan fingerprint density at radius 2 is 1.27 bits per heavy atom. The van der Waals surface area contributed by atoms with Crippen molar-refractivity contribution in [2.24, 2.45) is 0 Å². The Hall–Kier alpha value is -2.97. The molecule has 8 nitrogen and oxygen atoms in total. The number of para-hydroxylation sites is 4. The van der Waals surface area contributed by atoms with Crippen LogP contribution in [-0.2, 0) is 19.0 Å². The van der Waals surface area contributed by atoms with Crippen molar-refractivity contribution in [2.75, 3.05) is 53.4 Å². The summed E-state index contributed by atoms with van der Waals surface area (Å²) in [5, 5.41) is 0. The average Bonchev–Trinajstić information content (AvgIpc) is 2.78. The molecule has 0 fully saturated rings. The van der Waals surface area contributed by atoms with E-state index < -0.39 is 12.1 Å². The van der Waals surface area contributed by atoms with E-state index in [1.807, 2.05) is 36.4 Å². The molecule has 1 aliphatic heterocycles. The normalized spacial score (nSPS) is 15.9. The number of esters is 1. The summed E-state index contributed by atoms with van der Waals surface area (Å²) in [6, 6.07) is 14.7. The molecule has 0 radical (unpaired) electrons. The highest BCUT2D eigenvalue weighted by atomic mass is 16.6. The zero-order valence-electron chi connectivity index (χ0n) is 16.9. The molecule has 0 aliphatic carbocycles. The van der Waals surface area contributed by atoms with E-state index in [-0.39, 0.29) is 19.8 Å². The fourth-order valence-corrected chi connectivity index (χ4v) is 2.66. The number of methoxy groups -OCH3 is 1. The van der Waals surface area contributed by atoms with Crippen LogP contribution in [0.4, 0.5) is 0 Å². The van der Waals surface area contributed by atoms with Gasteiger partial charge in [-0.2, -0.15) is 0 Å². The Morgan fingerprint density at radius 3 is 1.73 bits per heavy atom. The van der Waals surface area contributed by atoms with E-state index in [0.717, 1.165) is 0 Å². The van der Waals surface area contributed by atoms with Gasteiger partial charge in [-0.15, -0.1) is 0 Å². The number of carbonyl (C=O) groups is 1. The minimum atomic E-state index is -0.526. The first kappa shape index (κ1) is 21.7. The topological polar surface area (TPSA) is 81.7 Å². The van der Waals surface area contributed by atoms with Crippen molar-refractivity contribution >= 4 is 5.97 Å². The van der Waals surface area contributed by atoms with Crippen molar-refractivity contribution in [2.45, 2.75) is 6.10 Å². The SMILES string of the molecule is COC(=O)COC1COc2ccccc2OCCOCCOc2ccccc2OC1. The quantitative estimate of drug-likeness (QED) is 0.704. The zero-order chi connectivity index (χ0) is 21.0. The van der Waals surface area contributed by atoms with Gasteiger partial charge in [0.25, 0.3) is 0 Å². The highest BCUT2D eigenvalue weighted by Gasteiger charge is 2.17. The van der Waals surface area contributed by atoms with Gasteiger partial charge in [0.15, 0.2) is 23.0 Å². The minimum absolute atomic E-state index is 0.150. The Kier molecular flexibility index (Phi) is 8.62. The third-order valence-electron chi connectivity index (χ3n) is 4.18. The summed E-state index contributed by atoms with van der Waals surface area (Å²) < 4.78 is 39.2. The monoisotopic (exact) mass is 418 g/mol. The molecule has 0 N–H and O–H groups in total. The molecule has 0 aromatic heterocycles. The molecule has 8 heteroatoms. The number of carbonyl (C=O) groups excluding carboxylic acids is 1. The molecule has 0 amide bonds. The van der Waals surface area contributed by atoms with Gasteiger partial charge in [-0.25, -0.2) is 4.79 Å². The molecule has 1 heterocycles. The Bertz CT molecular complexity index is 739. The Balaban J connectivity index is 1.73. The molecule has 0 unspecified atom stereocenters. The van der Waals surface area contributed by atoms with Crippen LogP contribution in [0.3, 0.4) is 0 Å². The molecular formula is C22H26O8. The van der Waals surface area contributed by atoms with Crippen molar-refractivity contribution in [1.29, 1.82) is 0 Å². The first-order chi connectivity index (χ1) is 14.8. The highest BCUT2D eigenvalue weighted by molar-refractivity contribution is 5.70. The van der Waals surface area contributed by atoms with Gasteiger partial charge in [0.1, 0.15) is 39.1 Å². The lowest BCUT2D eigenvalue weighted by Gasteiger charge is -2.21. The predicted molar refractivity (Wildman–Crippen MR) is 107 cm³/mol. The molecule has 0 spiro atoms. The number of rotatable bonds is 3. The van der Waals surface area contributed by atoms with Crippen LogP contribution in [0.5, 0.6) is 23.0 Å². The highest BCUT2D eigenvalue weighted by Crippen LogP contribution is 2.28. The van der Waals surface area contributed by atoms with Gasteiger partial charge in [0, 0.05) is 0 Å². The summed E-state index contributed by atoms with van der Waals surface area (Å²) in [6.45, 7) is 1.68. The average molecular weight is 418 g/mol. The molecule has 30 heavy (non-hydrogen) atoms. The molecule has 0 bridgehead atoms. The fourth-order valence-electron chi connectivity index (χ4n) is 2.66. The second kappa shape index (κ2) is 11.9. The van der Waals surface area contributed by atoms with Crippen molar-refractivity contribution in [3.8, 4) is 23.0 Å². The van der Waals surface area contributed by atoms with Crippen molar-refractivity contribution < 1.29 is 38.0 Å². The molecule has 2 aromatic rings. The van der Waals surface area contributed by atoms with E-state index in [4.69, 9.17) is 28.4 Å². The van der Waals surface area contributed by atoms with Crippen molar-refractivity contribution in [3.05, 3.63) is 48.5 Å². The van der Waals surface area contributed by atoms with Gasteiger partial charge in [-0.05, 0) is 24.3 Å². The van der Waals surface area contributed by atoms with Crippen LogP contribution in [0, 0.1) is 0 Å². The summed E-state index contributed by atoms with van der Waals surface area (Å²) in [6.07, 6.45) is -0.526. The molecule has 162 valence electrons. The molecular weight excluding hydrogens is 392 g/mol. The van der Waals surface area contributed by atoms with Gasteiger partial charge in [0.2, 0.25) is 0 Å². The number of ether oxygens (including phenoxy) is 7. The summed E-state index contributed by atoms with van der Waals surface area (Å²) in [7, 11) is 1.31. The predicted octanol–water partition coefficient (Wildman–Crippen LogP) is 2.49. The molecule has 1 aliphatic rings. The number of hydrogen-bond acceptors (Lipinski definition) is 8. The van der Waals surface area contributed by atoms with Crippen LogP contribution >= 0.6 is 0 Å². The standard InChI is InChI=1S/C22H26O8/c1-24-22(23)16-28-17-14-29-20-8-4-2-6-18(20)26-12-10-25-11-13-27-19-7-3-5-9-21(19)30-15-17/h2-9,17H,10-16H2,1H3.